The van der Waals surface area contributed by atoms with Crippen LogP contribution in [0.5, 0.6) is 0 Å². The number of thioether (sulfide) groups is 1. The fourth-order valence-electron chi connectivity index (χ4n) is 3.70. The van der Waals surface area contributed by atoms with Gasteiger partial charge in [-0.25, -0.2) is 0 Å². The topological polar surface area (TPSA) is 95.0 Å². The number of hydrogen-bond acceptors (Lipinski definition) is 6. The van der Waals surface area contributed by atoms with Gasteiger partial charge in [0.05, 0.1) is 12.2 Å². The summed E-state index contributed by atoms with van der Waals surface area (Å²) in [5.74, 6) is -0.781. The first-order chi connectivity index (χ1) is 14.9. The molecule has 2 aliphatic rings. The van der Waals surface area contributed by atoms with Gasteiger partial charge in [-0.15, -0.1) is 5.10 Å². The maximum atomic E-state index is 13.9. The Labute approximate surface area is 184 Å². The largest absolute Gasteiger partial charge is 0.304 e. The average Bonchev–Trinajstić information content (AvgIpc) is 3.26. The number of anilines is 1. The highest BCUT2D eigenvalue weighted by Crippen LogP contribution is 2.55. The van der Waals surface area contributed by atoms with E-state index in [1.54, 1.807) is 31.1 Å². The van der Waals surface area contributed by atoms with Gasteiger partial charge in [0.15, 0.2) is 5.17 Å². The van der Waals surface area contributed by atoms with Crippen molar-refractivity contribution in [3.05, 3.63) is 59.4 Å². The van der Waals surface area contributed by atoms with Crippen LogP contribution >= 0.6 is 11.8 Å². The van der Waals surface area contributed by atoms with Gasteiger partial charge in [-0.1, -0.05) is 31.5 Å². The third-order valence-corrected chi connectivity index (χ3v) is 6.51. The van der Waals surface area contributed by atoms with Crippen molar-refractivity contribution >= 4 is 40.3 Å². The van der Waals surface area contributed by atoms with Crippen molar-refractivity contribution in [1.82, 2.24) is 15.3 Å². The summed E-state index contributed by atoms with van der Waals surface area (Å²) in [7, 11) is 0. The van der Waals surface area contributed by atoms with Gasteiger partial charge in [0.1, 0.15) is 0 Å². The number of hydrogen-bond donors (Lipinski definition) is 1. The monoisotopic (exact) mass is 437 g/mol. The Balaban J connectivity index is 1.82. The van der Waals surface area contributed by atoms with Crippen molar-refractivity contribution in [3.63, 3.8) is 0 Å². The summed E-state index contributed by atoms with van der Waals surface area (Å²) in [6.45, 7) is 5.74. The summed E-state index contributed by atoms with van der Waals surface area (Å²) in [6.07, 6.45) is 3.81. The van der Waals surface area contributed by atoms with E-state index < -0.39 is 4.87 Å². The second-order valence-electron chi connectivity index (χ2n) is 7.38. The molecule has 0 unspecified atom stereocenters. The third kappa shape index (κ3) is 3.48. The van der Waals surface area contributed by atoms with E-state index in [9.17, 15) is 14.4 Å². The Bertz CT molecular complexity index is 1090. The molecule has 1 aromatic carbocycles. The van der Waals surface area contributed by atoms with Crippen molar-refractivity contribution in [1.29, 1.82) is 0 Å². The fourth-order valence-corrected chi connectivity index (χ4v) is 4.97. The summed E-state index contributed by atoms with van der Waals surface area (Å²) >= 11 is 1.11. The number of amidine groups is 1. The number of pyridine rings is 1. The highest BCUT2D eigenvalue weighted by molar-refractivity contribution is 8.15. The van der Waals surface area contributed by atoms with Crippen LogP contribution in [0.25, 0.3) is 0 Å². The number of benzene rings is 1. The highest BCUT2D eigenvalue weighted by Gasteiger charge is 2.61. The second-order valence-corrected chi connectivity index (χ2v) is 8.56. The zero-order chi connectivity index (χ0) is 22.2. The second kappa shape index (κ2) is 8.14. The Morgan fingerprint density at radius 1 is 1.13 bits per heavy atom. The summed E-state index contributed by atoms with van der Waals surface area (Å²) in [5.41, 5.74) is 3.31. The van der Waals surface area contributed by atoms with Crippen LogP contribution in [0.1, 0.15) is 43.4 Å². The van der Waals surface area contributed by atoms with Crippen LogP contribution < -0.4 is 10.2 Å². The molecule has 1 atom stereocenters. The lowest BCUT2D eigenvalue weighted by molar-refractivity contribution is -0.140. The minimum absolute atomic E-state index is 0.180. The Morgan fingerprint density at radius 2 is 1.87 bits per heavy atom. The molecule has 1 N–H and O–H groups in total. The highest BCUT2D eigenvalue weighted by atomic mass is 32.2. The van der Waals surface area contributed by atoms with Crippen molar-refractivity contribution in [2.45, 2.75) is 45.0 Å². The van der Waals surface area contributed by atoms with Crippen LogP contribution in [-0.4, -0.2) is 32.9 Å². The minimum atomic E-state index is -1.38. The molecule has 31 heavy (non-hydrogen) atoms. The number of hydrazone groups is 1. The zero-order valence-electron chi connectivity index (χ0n) is 17.6. The number of aromatic nitrogens is 1. The van der Waals surface area contributed by atoms with Crippen molar-refractivity contribution in [3.8, 4) is 0 Å². The first-order valence-corrected chi connectivity index (χ1v) is 10.9. The molecule has 0 fully saturated rings. The van der Waals surface area contributed by atoms with E-state index in [-0.39, 0.29) is 35.7 Å². The lowest BCUT2D eigenvalue weighted by Gasteiger charge is -2.30. The molecule has 1 aromatic heterocycles. The smallest absolute Gasteiger partial charge is 0.271 e. The minimum Gasteiger partial charge on any atom is -0.304 e. The Kier molecular flexibility index (Phi) is 5.53. The van der Waals surface area contributed by atoms with Crippen molar-refractivity contribution < 1.29 is 14.4 Å². The number of carbonyl (C=O) groups excluding carboxylic acids is 3. The molecule has 0 aliphatic carbocycles. The van der Waals surface area contributed by atoms with Gasteiger partial charge in [-0.3, -0.25) is 19.4 Å². The van der Waals surface area contributed by atoms with Crippen LogP contribution in [0.2, 0.25) is 0 Å². The summed E-state index contributed by atoms with van der Waals surface area (Å²) in [5, 5.41) is 8.59. The third-order valence-electron chi connectivity index (χ3n) is 5.27. The zero-order valence-corrected chi connectivity index (χ0v) is 18.4. The maximum absolute atomic E-state index is 13.9. The van der Waals surface area contributed by atoms with E-state index >= 15 is 0 Å². The molecular weight excluding hydrogens is 414 g/mol. The average molecular weight is 438 g/mol. The molecule has 1 spiro atoms. The fraction of sp³-hybridized carbons (Fsp3) is 0.318. The molecule has 4 rings (SSSR count). The van der Waals surface area contributed by atoms with Gasteiger partial charge in [0.25, 0.3) is 5.91 Å². The van der Waals surface area contributed by atoms with Crippen molar-refractivity contribution in [2.24, 2.45) is 5.10 Å². The SMILES string of the molecule is CCC(=O)NC1=NN(C(=O)CC)[C@]2(S1)C(=O)N(Cc1ccncc1)c1ccc(C)cc12. The number of amides is 3. The quantitative estimate of drug-likeness (QED) is 0.794. The molecule has 2 aliphatic heterocycles. The van der Waals surface area contributed by atoms with Crippen molar-refractivity contribution in [2.75, 3.05) is 4.90 Å². The molecule has 0 radical (unpaired) electrons. The van der Waals surface area contributed by atoms with Gasteiger partial charge in [-0.05, 0) is 42.4 Å². The number of aryl methyl sites for hydroxylation is 1. The molecular formula is C22H23N5O3S. The van der Waals surface area contributed by atoms with Crippen LogP contribution in [-0.2, 0) is 25.8 Å². The van der Waals surface area contributed by atoms with E-state index in [0.717, 1.165) is 28.6 Å². The molecule has 9 heteroatoms. The van der Waals surface area contributed by atoms with E-state index in [1.165, 1.54) is 5.01 Å². The van der Waals surface area contributed by atoms with Crippen LogP contribution in [0.3, 0.4) is 0 Å². The van der Waals surface area contributed by atoms with Crippen LogP contribution in [0, 0.1) is 6.92 Å². The lowest BCUT2D eigenvalue weighted by atomic mass is 10.0. The van der Waals surface area contributed by atoms with Gasteiger partial charge < -0.3 is 10.2 Å². The predicted molar refractivity (Wildman–Crippen MR) is 119 cm³/mol. The summed E-state index contributed by atoms with van der Waals surface area (Å²) < 4.78 is 0. The van der Waals surface area contributed by atoms with E-state index in [2.05, 4.69) is 15.4 Å². The van der Waals surface area contributed by atoms with Gasteiger partial charge in [-0.2, -0.15) is 5.01 Å². The predicted octanol–water partition coefficient (Wildman–Crippen LogP) is 2.87. The van der Waals surface area contributed by atoms with Crippen LogP contribution in [0.4, 0.5) is 5.69 Å². The number of rotatable bonds is 4. The summed E-state index contributed by atoms with van der Waals surface area (Å²) in [6, 6.07) is 9.47. The normalized spacial score (nSPS) is 19.6. The van der Waals surface area contributed by atoms with Crippen LogP contribution in [0.15, 0.2) is 47.8 Å². The Morgan fingerprint density at radius 3 is 2.55 bits per heavy atom. The summed E-state index contributed by atoms with van der Waals surface area (Å²) in [4.78, 5) is 43.2. The number of carbonyl (C=O) groups is 3. The molecule has 2 aromatic rings. The van der Waals surface area contributed by atoms with Gasteiger partial charge in [0, 0.05) is 30.8 Å². The number of fused-ring (bicyclic) bond motifs is 2. The van der Waals surface area contributed by atoms with Gasteiger partial charge >= 0.3 is 0 Å². The number of nitrogens with one attached hydrogen (secondary N) is 1. The molecule has 3 amide bonds. The first kappa shape index (κ1) is 21.0. The first-order valence-electron chi connectivity index (χ1n) is 10.1. The molecule has 3 heterocycles. The molecule has 0 bridgehead atoms. The number of nitrogens with zero attached hydrogens (tertiary/aromatic N) is 4. The molecule has 0 saturated heterocycles. The maximum Gasteiger partial charge on any atom is 0.271 e. The van der Waals surface area contributed by atoms with E-state index in [4.69, 9.17) is 0 Å². The standard InChI is InChI=1S/C22H23N5O3S/c1-4-18(28)24-21-25-27(19(29)5-2)22(31-21)16-12-14(3)6-7-17(16)26(20(22)30)13-15-8-10-23-11-9-15/h6-12H,4-5,13H2,1-3H3,(H,24,25,28)/t22-/m1/s1. The lowest BCUT2D eigenvalue weighted by Crippen LogP contribution is -2.48. The molecule has 8 nitrogen and oxygen atoms in total. The van der Waals surface area contributed by atoms with Gasteiger partial charge in [0.2, 0.25) is 16.7 Å². The van der Waals surface area contributed by atoms with E-state index in [0.29, 0.717) is 12.1 Å². The van der Waals surface area contributed by atoms with E-state index in [1.807, 2.05) is 37.3 Å². The Hall–Kier alpha value is -3.20. The molecule has 0 saturated carbocycles. The molecule has 160 valence electrons.